The molecule has 7 heteroatoms. The van der Waals surface area contributed by atoms with E-state index >= 15 is 0 Å². The molecular weight excluding hydrogens is 383 g/mol. The molecule has 0 saturated carbocycles. The van der Waals surface area contributed by atoms with Crippen molar-refractivity contribution in [2.24, 2.45) is 0 Å². The predicted octanol–water partition coefficient (Wildman–Crippen LogP) is 2.41. The van der Waals surface area contributed by atoms with Gasteiger partial charge in [0.1, 0.15) is 5.82 Å². The first-order valence-electron chi connectivity index (χ1n) is 10.1. The summed E-state index contributed by atoms with van der Waals surface area (Å²) >= 11 is 0. The molecule has 3 rings (SSSR count). The number of pyridine rings is 1. The van der Waals surface area contributed by atoms with E-state index in [1.165, 1.54) is 34.7 Å². The Bertz CT molecular complexity index is 1080. The Morgan fingerprint density at radius 2 is 1.87 bits per heavy atom. The van der Waals surface area contributed by atoms with E-state index in [1.54, 1.807) is 4.90 Å². The van der Waals surface area contributed by atoms with Crippen molar-refractivity contribution in [1.29, 1.82) is 0 Å². The number of urea groups is 1. The number of carbonyl (C=O) groups excluding carboxylic acids is 1. The number of benzene rings is 2. The molecule has 0 saturated heterocycles. The van der Waals surface area contributed by atoms with E-state index < -0.39 is 0 Å². The lowest BCUT2D eigenvalue weighted by Gasteiger charge is -2.23. The largest absolute Gasteiger partial charge is 0.338 e. The number of aromatic amines is 1. The summed E-state index contributed by atoms with van der Waals surface area (Å²) in [6, 6.07) is 13.1. The van der Waals surface area contributed by atoms with Gasteiger partial charge in [-0.3, -0.25) is 4.79 Å². The van der Waals surface area contributed by atoms with Gasteiger partial charge >= 0.3 is 6.03 Å². The van der Waals surface area contributed by atoms with E-state index in [0.29, 0.717) is 17.8 Å². The van der Waals surface area contributed by atoms with Gasteiger partial charge in [0.2, 0.25) is 0 Å². The molecule has 2 aromatic carbocycles. The Kier molecular flexibility index (Phi) is 6.84. The fraction of sp³-hybridized carbons (Fsp3) is 0.304. The number of likely N-dealkylation sites (N-methyl/N-ethyl adjacent to an activating group) is 1. The zero-order chi connectivity index (χ0) is 21.7. The van der Waals surface area contributed by atoms with E-state index in [0.717, 1.165) is 23.9 Å². The molecule has 0 atom stereocenters. The number of nitrogens with zero attached hydrogens (tertiary/aromatic N) is 1. The minimum atomic E-state index is -0.366. The first-order chi connectivity index (χ1) is 14.4. The Morgan fingerprint density at radius 3 is 2.53 bits per heavy atom. The highest BCUT2D eigenvalue weighted by molar-refractivity contribution is 5.89. The van der Waals surface area contributed by atoms with Gasteiger partial charge < -0.3 is 20.1 Å². The van der Waals surface area contributed by atoms with E-state index in [4.69, 9.17) is 0 Å². The molecule has 0 spiro atoms. The quantitative estimate of drug-likeness (QED) is 0.559. The van der Waals surface area contributed by atoms with Crippen LogP contribution in [0.2, 0.25) is 0 Å². The van der Waals surface area contributed by atoms with Gasteiger partial charge in [-0.1, -0.05) is 13.0 Å². The number of amides is 2. The SMILES string of the molecule is CCc1ccc2[nH]c(=O)c(CN(CC[NH+](C)C)C(=O)Nc3ccc(F)cc3)cc2c1. The van der Waals surface area contributed by atoms with Crippen LogP contribution in [0.4, 0.5) is 14.9 Å². The molecule has 0 aliphatic rings. The van der Waals surface area contributed by atoms with Crippen LogP contribution in [0.15, 0.2) is 53.3 Å². The second-order valence-electron chi connectivity index (χ2n) is 7.71. The molecule has 3 aromatic rings. The number of hydrogen-bond acceptors (Lipinski definition) is 2. The molecule has 158 valence electrons. The Balaban J connectivity index is 1.86. The topological polar surface area (TPSA) is 69.6 Å². The average Bonchev–Trinajstić information content (AvgIpc) is 2.72. The second-order valence-corrected chi connectivity index (χ2v) is 7.71. The van der Waals surface area contributed by atoms with Gasteiger partial charge in [0, 0.05) is 16.8 Å². The van der Waals surface area contributed by atoms with Crippen molar-refractivity contribution in [2.75, 3.05) is 32.5 Å². The van der Waals surface area contributed by atoms with Crippen LogP contribution in [-0.2, 0) is 13.0 Å². The zero-order valence-corrected chi connectivity index (χ0v) is 17.6. The minimum Gasteiger partial charge on any atom is -0.338 e. The molecule has 0 fully saturated rings. The van der Waals surface area contributed by atoms with Crippen molar-refractivity contribution in [3.05, 3.63) is 75.8 Å². The first kappa shape index (κ1) is 21.5. The van der Waals surface area contributed by atoms with Crippen molar-refractivity contribution >= 4 is 22.6 Å². The zero-order valence-electron chi connectivity index (χ0n) is 17.6. The van der Waals surface area contributed by atoms with Crippen LogP contribution in [-0.4, -0.2) is 43.1 Å². The maximum absolute atomic E-state index is 13.1. The summed E-state index contributed by atoms with van der Waals surface area (Å²) in [7, 11) is 4.01. The van der Waals surface area contributed by atoms with Gasteiger partial charge in [0.25, 0.3) is 5.56 Å². The fourth-order valence-corrected chi connectivity index (χ4v) is 3.19. The Hall–Kier alpha value is -3.19. The number of anilines is 1. The van der Waals surface area contributed by atoms with Gasteiger partial charge in [-0.05, 0) is 59.8 Å². The minimum absolute atomic E-state index is 0.182. The van der Waals surface area contributed by atoms with Crippen LogP contribution in [0.3, 0.4) is 0 Å². The highest BCUT2D eigenvalue weighted by atomic mass is 19.1. The van der Waals surface area contributed by atoms with Crippen molar-refractivity contribution in [3.63, 3.8) is 0 Å². The average molecular weight is 412 g/mol. The monoisotopic (exact) mass is 411 g/mol. The Labute approximate surface area is 175 Å². The fourth-order valence-electron chi connectivity index (χ4n) is 3.19. The maximum atomic E-state index is 13.1. The molecule has 1 aromatic heterocycles. The van der Waals surface area contributed by atoms with Gasteiger partial charge in [-0.25, -0.2) is 9.18 Å². The van der Waals surface area contributed by atoms with Crippen LogP contribution in [0.5, 0.6) is 0 Å². The van der Waals surface area contributed by atoms with Crippen LogP contribution < -0.4 is 15.8 Å². The van der Waals surface area contributed by atoms with Crippen molar-refractivity contribution in [2.45, 2.75) is 19.9 Å². The molecule has 0 radical (unpaired) electrons. The number of aryl methyl sites for hydroxylation is 1. The highest BCUT2D eigenvalue weighted by Crippen LogP contribution is 2.16. The molecule has 0 unspecified atom stereocenters. The summed E-state index contributed by atoms with van der Waals surface area (Å²) in [6.45, 7) is 3.46. The van der Waals surface area contributed by atoms with E-state index in [1.807, 2.05) is 32.3 Å². The number of hydrogen-bond donors (Lipinski definition) is 3. The lowest BCUT2D eigenvalue weighted by atomic mass is 10.1. The van der Waals surface area contributed by atoms with Crippen LogP contribution in [0.1, 0.15) is 18.1 Å². The van der Waals surface area contributed by atoms with Gasteiger partial charge in [0.05, 0.1) is 33.7 Å². The molecular formula is C23H28FN4O2+. The summed E-state index contributed by atoms with van der Waals surface area (Å²) in [5.41, 5.74) is 2.79. The van der Waals surface area contributed by atoms with Crippen molar-refractivity contribution < 1.29 is 14.1 Å². The normalized spacial score (nSPS) is 11.1. The van der Waals surface area contributed by atoms with Gasteiger partial charge in [0.15, 0.2) is 0 Å². The lowest BCUT2D eigenvalue weighted by molar-refractivity contribution is -0.857. The van der Waals surface area contributed by atoms with Crippen molar-refractivity contribution in [3.8, 4) is 0 Å². The highest BCUT2D eigenvalue weighted by Gasteiger charge is 2.17. The van der Waals surface area contributed by atoms with Crippen molar-refractivity contribution in [1.82, 2.24) is 9.88 Å². The second kappa shape index (κ2) is 9.54. The number of fused-ring (bicyclic) bond motifs is 1. The summed E-state index contributed by atoms with van der Waals surface area (Å²) in [5, 5.41) is 3.73. The number of halogens is 1. The van der Waals surface area contributed by atoms with Crippen LogP contribution in [0.25, 0.3) is 10.9 Å². The standard InChI is InChI=1S/C23H27FN4O2/c1-4-16-5-10-21-17(13-16)14-18(22(29)26-21)15-28(12-11-27(2)3)23(30)25-20-8-6-19(24)7-9-20/h5-10,13-14H,4,11-12,15H2,1-3H3,(H,25,30)(H,26,29)/p+1. The molecule has 0 bridgehead atoms. The molecule has 0 aliphatic heterocycles. The number of quaternary nitrogens is 1. The summed E-state index contributed by atoms with van der Waals surface area (Å²) < 4.78 is 13.1. The molecule has 1 heterocycles. The number of aromatic nitrogens is 1. The maximum Gasteiger partial charge on any atom is 0.322 e. The lowest BCUT2D eigenvalue weighted by Crippen LogP contribution is -3.06. The first-order valence-corrected chi connectivity index (χ1v) is 10.1. The Morgan fingerprint density at radius 1 is 1.13 bits per heavy atom. The summed E-state index contributed by atoms with van der Waals surface area (Å²) in [4.78, 5) is 31.2. The summed E-state index contributed by atoms with van der Waals surface area (Å²) in [5.74, 6) is -0.366. The van der Waals surface area contributed by atoms with Gasteiger partial charge in [-0.15, -0.1) is 0 Å². The number of H-pyrrole nitrogens is 1. The molecule has 0 aliphatic carbocycles. The molecule has 6 nitrogen and oxygen atoms in total. The third-order valence-electron chi connectivity index (χ3n) is 5.02. The number of rotatable bonds is 7. The molecule has 30 heavy (non-hydrogen) atoms. The third kappa shape index (κ3) is 5.45. The van der Waals surface area contributed by atoms with E-state index in [-0.39, 0.29) is 24.0 Å². The van der Waals surface area contributed by atoms with Crippen LogP contribution in [0, 0.1) is 5.82 Å². The van der Waals surface area contributed by atoms with E-state index in [9.17, 15) is 14.0 Å². The number of carbonyl (C=O) groups is 1. The summed E-state index contributed by atoms with van der Waals surface area (Å²) in [6.07, 6.45) is 0.905. The van der Waals surface area contributed by atoms with E-state index in [2.05, 4.69) is 23.3 Å². The molecule has 2 amide bonds. The number of nitrogens with one attached hydrogen (secondary N) is 3. The van der Waals surface area contributed by atoms with Crippen LogP contribution >= 0.6 is 0 Å². The third-order valence-corrected chi connectivity index (χ3v) is 5.02. The predicted molar refractivity (Wildman–Crippen MR) is 117 cm³/mol. The smallest absolute Gasteiger partial charge is 0.322 e. The molecule has 3 N–H and O–H groups in total. The van der Waals surface area contributed by atoms with Gasteiger partial charge in [-0.2, -0.15) is 0 Å².